The summed E-state index contributed by atoms with van der Waals surface area (Å²) in [4.78, 5) is 4.07. The van der Waals surface area contributed by atoms with Gasteiger partial charge in [-0.3, -0.25) is 0 Å². The van der Waals surface area contributed by atoms with Crippen LogP contribution in [0.2, 0.25) is 0 Å². The largest absolute Gasteiger partial charge is 0.375 e. The lowest BCUT2D eigenvalue weighted by atomic mass is 9.73. The van der Waals surface area contributed by atoms with Crippen molar-refractivity contribution in [2.75, 3.05) is 6.61 Å². The number of aromatic nitrogens is 3. The molecule has 1 aromatic rings. The Hall–Kier alpha value is -0.940. The molecule has 1 aliphatic heterocycles. The van der Waals surface area contributed by atoms with E-state index < -0.39 is 0 Å². The molecule has 0 amide bonds. The minimum absolute atomic E-state index is 0.0818. The van der Waals surface area contributed by atoms with E-state index in [0.717, 1.165) is 19.4 Å². The van der Waals surface area contributed by atoms with Crippen molar-refractivity contribution in [3.05, 3.63) is 12.7 Å². The first-order chi connectivity index (χ1) is 9.52. The molecule has 1 aliphatic carbocycles. The molecule has 0 aromatic carbocycles. The Labute approximate surface area is 121 Å². The van der Waals surface area contributed by atoms with Crippen LogP contribution in [0.3, 0.4) is 0 Å². The number of hydrogen-bond acceptors (Lipinski definition) is 4. The van der Waals surface area contributed by atoms with Crippen LogP contribution in [0.15, 0.2) is 12.7 Å². The molecule has 3 rings (SSSR count). The third-order valence-electron chi connectivity index (χ3n) is 5.31. The molecule has 2 fully saturated rings. The second-order valence-corrected chi connectivity index (χ2v) is 6.96. The van der Waals surface area contributed by atoms with Gasteiger partial charge in [0, 0.05) is 18.7 Å². The summed E-state index contributed by atoms with van der Waals surface area (Å²) in [6.07, 6.45) is 9.48. The Morgan fingerprint density at radius 1 is 1.45 bits per heavy atom. The molecular formula is C15H26N4O. The van der Waals surface area contributed by atoms with Crippen molar-refractivity contribution in [3.8, 4) is 0 Å². The molecule has 1 saturated carbocycles. The first-order valence-electron chi connectivity index (χ1n) is 7.77. The molecule has 112 valence electrons. The average molecular weight is 278 g/mol. The van der Waals surface area contributed by atoms with Gasteiger partial charge in [-0.05, 0) is 52.9 Å². The van der Waals surface area contributed by atoms with E-state index in [4.69, 9.17) is 4.74 Å². The van der Waals surface area contributed by atoms with E-state index in [1.165, 1.54) is 19.3 Å². The fourth-order valence-corrected chi connectivity index (χ4v) is 3.35. The second-order valence-electron chi connectivity index (χ2n) is 6.96. The van der Waals surface area contributed by atoms with Gasteiger partial charge in [0.1, 0.15) is 12.7 Å². The third kappa shape index (κ3) is 2.49. The minimum Gasteiger partial charge on any atom is -0.375 e. The van der Waals surface area contributed by atoms with Crippen molar-refractivity contribution >= 4 is 0 Å². The number of ether oxygens (including phenoxy) is 1. The zero-order valence-electron chi connectivity index (χ0n) is 12.8. The number of hydrogen-bond donors (Lipinski definition) is 1. The SMILES string of the molecule is CC(NC1CCOC2(CCC2)C1)C(C)(C)n1cncn1. The van der Waals surface area contributed by atoms with Gasteiger partial charge < -0.3 is 10.1 Å². The van der Waals surface area contributed by atoms with Crippen molar-refractivity contribution in [3.63, 3.8) is 0 Å². The summed E-state index contributed by atoms with van der Waals surface area (Å²) in [7, 11) is 0. The summed E-state index contributed by atoms with van der Waals surface area (Å²) in [5.74, 6) is 0. The Balaban J connectivity index is 1.62. The summed E-state index contributed by atoms with van der Waals surface area (Å²) < 4.78 is 7.95. The molecule has 1 N–H and O–H groups in total. The van der Waals surface area contributed by atoms with Gasteiger partial charge in [-0.1, -0.05) is 0 Å². The lowest BCUT2D eigenvalue weighted by Gasteiger charge is -2.48. The summed E-state index contributed by atoms with van der Waals surface area (Å²) in [6, 6.07) is 0.895. The molecule has 2 aliphatic rings. The van der Waals surface area contributed by atoms with Crippen LogP contribution in [0.4, 0.5) is 0 Å². The standard InChI is InChI=1S/C15H26N4O/c1-12(14(2,3)19-11-16-10-17-19)18-13-5-8-20-15(9-13)6-4-7-15/h10-13,18H,4-9H2,1-3H3. The number of nitrogens with zero attached hydrogens (tertiary/aromatic N) is 3. The lowest BCUT2D eigenvalue weighted by molar-refractivity contribution is -0.137. The summed E-state index contributed by atoms with van der Waals surface area (Å²) in [6.45, 7) is 7.55. The molecule has 2 heterocycles. The number of nitrogens with one attached hydrogen (secondary N) is 1. The molecule has 2 unspecified atom stereocenters. The molecule has 0 bridgehead atoms. The van der Waals surface area contributed by atoms with Crippen molar-refractivity contribution in [2.45, 2.75) is 76.1 Å². The normalized spacial score (nSPS) is 27.2. The first kappa shape index (κ1) is 14.0. The van der Waals surface area contributed by atoms with E-state index in [-0.39, 0.29) is 11.1 Å². The molecule has 1 aromatic heterocycles. The molecular weight excluding hydrogens is 252 g/mol. The van der Waals surface area contributed by atoms with Gasteiger partial charge in [0.25, 0.3) is 0 Å². The van der Waals surface area contributed by atoms with E-state index in [1.807, 2.05) is 4.68 Å². The summed E-state index contributed by atoms with van der Waals surface area (Å²) in [5, 5.41) is 8.10. The highest BCUT2D eigenvalue weighted by atomic mass is 16.5. The van der Waals surface area contributed by atoms with Crippen molar-refractivity contribution in [2.24, 2.45) is 0 Å². The van der Waals surface area contributed by atoms with E-state index in [1.54, 1.807) is 12.7 Å². The molecule has 2 atom stereocenters. The predicted octanol–water partition coefficient (Wildman–Crippen LogP) is 2.09. The predicted molar refractivity (Wildman–Crippen MR) is 77.5 cm³/mol. The second kappa shape index (κ2) is 5.11. The quantitative estimate of drug-likeness (QED) is 0.916. The van der Waals surface area contributed by atoms with Gasteiger partial charge in [0.05, 0.1) is 11.1 Å². The van der Waals surface area contributed by atoms with Crippen LogP contribution in [0.5, 0.6) is 0 Å². The maximum atomic E-state index is 6.00. The first-order valence-corrected chi connectivity index (χ1v) is 7.77. The zero-order valence-corrected chi connectivity index (χ0v) is 12.8. The lowest BCUT2D eigenvalue weighted by Crippen LogP contribution is -2.56. The van der Waals surface area contributed by atoms with Gasteiger partial charge in [-0.15, -0.1) is 0 Å². The maximum Gasteiger partial charge on any atom is 0.137 e. The van der Waals surface area contributed by atoms with E-state index >= 15 is 0 Å². The monoisotopic (exact) mass is 278 g/mol. The van der Waals surface area contributed by atoms with Crippen LogP contribution in [0.1, 0.15) is 52.9 Å². The Morgan fingerprint density at radius 2 is 2.25 bits per heavy atom. The minimum atomic E-state index is -0.0818. The smallest absolute Gasteiger partial charge is 0.137 e. The number of rotatable bonds is 4. The fourth-order valence-electron chi connectivity index (χ4n) is 3.35. The summed E-state index contributed by atoms with van der Waals surface area (Å²) in [5.41, 5.74) is 0.120. The van der Waals surface area contributed by atoms with Gasteiger partial charge in [0.2, 0.25) is 0 Å². The molecule has 1 spiro atoms. The van der Waals surface area contributed by atoms with E-state index in [2.05, 4.69) is 36.2 Å². The highest BCUT2D eigenvalue weighted by molar-refractivity contribution is 4.98. The van der Waals surface area contributed by atoms with Crippen LogP contribution < -0.4 is 5.32 Å². The van der Waals surface area contributed by atoms with Crippen LogP contribution in [-0.2, 0) is 10.3 Å². The van der Waals surface area contributed by atoms with Gasteiger partial charge in [0.15, 0.2) is 0 Å². The molecule has 5 nitrogen and oxygen atoms in total. The van der Waals surface area contributed by atoms with Crippen LogP contribution in [0.25, 0.3) is 0 Å². The highest BCUT2D eigenvalue weighted by Gasteiger charge is 2.43. The van der Waals surface area contributed by atoms with E-state index in [0.29, 0.717) is 12.1 Å². The van der Waals surface area contributed by atoms with Gasteiger partial charge >= 0.3 is 0 Å². The molecule has 20 heavy (non-hydrogen) atoms. The Bertz CT molecular complexity index is 439. The van der Waals surface area contributed by atoms with Crippen LogP contribution >= 0.6 is 0 Å². The average Bonchev–Trinajstić information content (AvgIpc) is 2.91. The third-order valence-corrected chi connectivity index (χ3v) is 5.31. The molecule has 1 saturated heterocycles. The Kier molecular flexibility index (Phi) is 3.58. The van der Waals surface area contributed by atoms with Crippen LogP contribution in [-0.4, -0.2) is 39.1 Å². The fraction of sp³-hybridized carbons (Fsp3) is 0.867. The van der Waals surface area contributed by atoms with Crippen molar-refractivity contribution < 1.29 is 4.74 Å². The zero-order chi connectivity index (χ0) is 14.2. The van der Waals surface area contributed by atoms with Crippen LogP contribution in [0, 0.1) is 0 Å². The summed E-state index contributed by atoms with van der Waals surface area (Å²) >= 11 is 0. The molecule has 0 radical (unpaired) electrons. The van der Waals surface area contributed by atoms with Crippen molar-refractivity contribution in [1.82, 2.24) is 20.1 Å². The molecule has 5 heteroatoms. The van der Waals surface area contributed by atoms with Gasteiger partial charge in [-0.25, -0.2) is 9.67 Å². The van der Waals surface area contributed by atoms with Crippen molar-refractivity contribution in [1.29, 1.82) is 0 Å². The van der Waals surface area contributed by atoms with Gasteiger partial charge in [-0.2, -0.15) is 5.10 Å². The maximum absolute atomic E-state index is 6.00. The highest BCUT2D eigenvalue weighted by Crippen LogP contribution is 2.42. The van der Waals surface area contributed by atoms with E-state index in [9.17, 15) is 0 Å². The Morgan fingerprint density at radius 3 is 2.85 bits per heavy atom. The topological polar surface area (TPSA) is 52.0 Å².